The zero-order chi connectivity index (χ0) is 15.5. The van der Waals surface area contributed by atoms with Gasteiger partial charge in [-0.25, -0.2) is 22.7 Å². The SMILES string of the molecule is CNc1ncc(S(=O)(=O)N(C)CC2CCN(C)CC2)cn1. The molecule has 0 saturated carbocycles. The van der Waals surface area contributed by atoms with Crippen molar-refractivity contribution in [1.82, 2.24) is 19.2 Å². The van der Waals surface area contributed by atoms with Gasteiger partial charge in [0, 0.05) is 20.6 Å². The highest BCUT2D eigenvalue weighted by Gasteiger charge is 2.26. The lowest BCUT2D eigenvalue weighted by Gasteiger charge is -2.31. The molecule has 1 aliphatic rings. The molecule has 1 aliphatic heterocycles. The predicted molar refractivity (Wildman–Crippen MR) is 81.6 cm³/mol. The molecule has 118 valence electrons. The second-order valence-electron chi connectivity index (χ2n) is 5.52. The van der Waals surface area contributed by atoms with Crippen molar-refractivity contribution in [2.24, 2.45) is 5.92 Å². The molecule has 0 radical (unpaired) electrons. The minimum absolute atomic E-state index is 0.136. The van der Waals surface area contributed by atoms with E-state index in [9.17, 15) is 8.42 Å². The number of likely N-dealkylation sites (tertiary alicyclic amines) is 1. The number of piperidine rings is 1. The molecule has 1 N–H and O–H groups in total. The molecule has 0 amide bonds. The Kier molecular flexibility index (Phi) is 5.13. The first-order chi connectivity index (χ1) is 9.93. The van der Waals surface area contributed by atoms with Crippen LogP contribution in [0.1, 0.15) is 12.8 Å². The van der Waals surface area contributed by atoms with Crippen LogP contribution in [0.15, 0.2) is 17.3 Å². The summed E-state index contributed by atoms with van der Waals surface area (Å²) >= 11 is 0. The average molecular weight is 313 g/mol. The summed E-state index contributed by atoms with van der Waals surface area (Å²) < 4.78 is 26.4. The number of nitrogens with one attached hydrogen (secondary N) is 1. The van der Waals surface area contributed by atoms with Crippen LogP contribution in [0.3, 0.4) is 0 Å². The minimum atomic E-state index is -3.51. The first-order valence-electron chi connectivity index (χ1n) is 7.08. The molecular weight excluding hydrogens is 290 g/mol. The Balaban J connectivity index is 2.03. The smallest absolute Gasteiger partial charge is 0.245 e. The van der Waals surface area contributed by atoms with E-state index in [0.29, 0.717) is 18.4 Å². The maximum absolute atomic E-state index is 12.5. The van der Waals surface area contributed by atoms with Crippen LogP contribution in [0.4, 0.5) is 5.95 Å². The highest BCUT2D eigenvalue weighted by atomic mass is 32.2. The molecular formula is C13H23N5O2S. The van der Waals surface area contributed by atoms with Crippen molar-refractivity contribution in [2.75, 3.05) is 46.1 Å². The molecule has 8 heteroatoms. The highest BCUT2D eigenvalue weighted by Crippen LogP contribution is 2.20. The topological polar surface area (TPSA) is 78.4 Å². The van der Waals surface area contributed by atoms with E-state index in [2.05, 4.69) is 27.2 Å². The van der Waals surface area contributed by atoms with Gasteiger partial charge >= 0.3 is 0 Å². The summed E-state index contributed by atoms with van der Waals surface area (Å²) in [6.07, 6.45) is 4.76. The largest absolute Gasteiger partial charge is 0.357 e. The number of aromatic nitrogens is 2. The van der Waals surface area contributed by atoms with Crippen molar-refractivity contribution in [1.29, 1.82) is 0 Å². The van der Waals surface area contributed by atoms with Crippen LogP contribution in [0.5, 0.6) is 0 Å². The van der Waals surface area contributed by atoms with Crippen LogP contribution < -0.4 is 5.32 Å². The lowest BCUT2D eigenvalue weighted by Crippen LogP contribution is -2.38. The fraction of sp³-hybridized carbons (Fsp3) is 0.692. The molecule has 0 spiro atoms. The molecule has 1 aromatic rings. The molecule has 0 unspecified atom stereocenters. The summed E-state index contributed by atoms with van der Waals surface area (Å²) in [4.78, 5) is 10.3. The first kappa shape index (κ1) is 16.1. The molecule has 2 rings (SSSR count). The van der Waals surface area contributed by atoms with E-state index >= 15 is 0 Å². The average Bonchev–Trinajstić information content (AvgIpc) is 2.49. The summed E-state index contributed by atoms with van der Waals surface area (Å²) in [7, 11) is 1.90. The first-order valence-corrected chi connectivity index (χ1v) is 8.52. The summed E-state index contributed by atoms with van der Waals surface area (Å²) in [6.45, 7) is 2.60. The van der Waals surface area contributed by atoms with Gasteiger partial charge in [0.15, 0.2) is 0 Å². The molecule has 0 atom stereocenters. The summed E-state index contributed by atoms with van der Waals surface area (Å²) in [5.41, 5.74) is 0. The lowest BCUT2D eigenvalue weighted by molar-refractivity contribution is 0.202. The van der Waals surface area contributed by atoms with Crippen molar-refractivity contribution in [3.05, 3.63) is 12.4 Å². The predicted octanol–water partition coefficient (Wildman–Crippen LogP) is 0.481. The van der Waals surface area contributed by atoms with E-state index in [-0.39, 0.29) is 4.90 Å². The number of hydrogen-bond donors (Lipinski definition) is 1. The molecule has 1 fully saturated rings. The normalized spacial score (nSPS) is 18.1. The standard InChI is InChI=1S/C13H23N5O2S/c1-14-13-15-8-12(9-16-13)21(19,20)18(3)10-11-4-6-17(2)7-5-11/h8-9,11H,4-7,10H2,1-3H3,(H,14,15,16). The Morgan fingerprint density at radius 1 is 1.33 bits per heavy atom. The number of hydrogen-bond acceptors (Lipinski definition) is 6. The third kappa shape index (κ3) is 3.90. The minimum Gasteiger partial charge on any atom is -0.357 e. The molecule has 0 aromatic carbocycles. The third-order valence-corrected chi connectivity index (χ3v) is 5.69. The second kappa shape index (κ2) is 6.67. The van der Waals surface area contributed by atoms with E-state index in [1.54, 1.807) is 14.1 Å². The fourth-order valence-corrected chi connectivity index (χ4v) is 3.60. The Hall–Kier alpha value is -1.25. The van der Waals surface area contributed by atoms with Crippen molar-refractivity contribution in [2.45, 2.75) is 17.7 Å². The number of nitrogens with zero attached hydrogens (tertiary/aromatic N) is 4. The van der Waals surface area contributed by atoms with E-state index in [1.807, 2.05) is 0 Å². The molecule has 1 aromatic heterocycles. The van der Waals surface area contributed by atoms with Gasteiger partial charge in [-0.1, -0.05) is 0 Å². The van der Waals surface area contributed by atoms with Gasteiger partial charge in [0.05, 0.1) is 12.4 Å². The van der Waals surface area contributed by atoms with Crippen molar-refractivity contribution >= 4 is 16.0 Å². The Morgan fingerprint density at radius 3 is 2.43 bits per heavy atom. The van der Waals surface area contributed by atoms with E-state index in [1.165, 1.54) is 16.7 Å². The Bertz CT molecular complexity index is 552. The van der Waals surface area contributed by atoms with Gasteiger partial charge in [0.1, 0.15) is 4.90 Å². The monoisotopic (exact) mass is 313 g/mol. The lowest BCUT2D eigenvalue weighted by atomic mass is 9.97. The Labute approximate surface area is 126 Å². The van der Waals surface area contributed by atoms with Crippen molar-refractivity contribution in [3.63, 3.8) is 0 Å². The van der Waals surface area contributed by atoms with Gasteiger partial charge in [-0.05, 0) is 38.9 Å². The van der Waals surface area contributed by atoms with Gasteiger partial charge in [-0.3, -0.25) is 0 Å². The van der Waals surface area contributed by atoms with Gasteiger partial charge in [-0.15, -0.1) is 0 Å². The van der Waals surface area contributed by atoms with Gasteiger partial charge in [0.25, 0.3) is 0 Å². The van der Waals surface area contributed by atoms with Gasteiger partial charge < -0.3 is 10.2 Å². The number of sulfonamides is 1. The molecule has 1 saturated heterocycles. The number of rotatable bonds is 5. The summed E-state index contributed by atoms with van der Waals surface area (Å²) in [5.74, 6) is 0.824. The Morgan fingerprint density at radius 2 is 1.90 bits per heavy atom. The van der Waals surface area contributed by atoms with E-state index in [4.69, 9.17) is 0 Å². The fourth-order valence-electron chi connectivity index (χ4n) is 2.46. The molecule has 0 aliphatic carbocycles. The molecule has 7 nitrogen and oxygen atoms in total. The zero-order valence-electron chi connectivity index (χ0n) is 12.8. The van der Waals surface area contributed by atoms with E-state index < -0.39 is 10.0 Å². The van der Waals surface area contributed by atoms with Gasteiger partial charge in [0.2, 0.25) is 16.0 Å². The van der Waals surface area contributed by atoms with Crippen molar-refractivity contribution in [3.8, 4) is 0 Å². The molecule has 0 bridgehead atoms. The molecule has 2 heterocycles. The molecule has 21 heavy (non-hydrogen) atoms. The highest BCUT2D eigenvalue weighted by molar-refractivity contribution is 7.89. The van der Waals surface area contributed by atoms with E-state index in [0.717, 1.165) is 25.9 Å². The van der Waals surface area contributed by atoms with Crippen LogP contribution in [-0.2, 0) is 10.0 Å². The van der Waals surface area contributed by atoms with Crippen molar-refractivity contribution < 1.29 is 8.42 Å². The van der Waals surface area contributed by atoms with Gasteiger partial charge in [-0.2, -0.15) is 0 Å². The van der Waals surface area contributed by atoms with Crippen LogP contribution in [0.25, 0.3) is 0 Å². The van der Waals surface area contributed by atoms with Crippen LogP contribution in [0.2, 0.25) is 0 Å². The quantitative estimate of drug-likeness (QED) is 0.852. The summed E-state index contributed by atoms with van der Waals surface area (Å²) in [5, 5.41) is 2.77. The number of anilines is 1. The van der Waals surface area contributed by atoms with Crippen LogP contribution in [-0.4, -0.2) is 68.4 Å². The van der Waals surface area contributed by atoms with Crippen LogP contribution >= 0.6 is 0 Å². The maximum atomic E-state index is 12.5. The zero-order valence-corrected chi connectivity index (χ0v) is 13.6. The third-order valence-electron chi connectivity index (χ3n) is 3.91. The van der Waals surface area contributed by atoms with Crippen LogP contribution in [0, 0.1) is 5.92 Å². The summed E-state index contributed by atoms with van der Waals surface area (Å²) in [6, 6.07) is 0. The second-order valence-corrected chi connectivity index (χ2v) is 7.57. The maximum Gasteiger partial charge on any atom is 0.245 e.